The molecular formula is C12H14N2. The fraction of sp³-hybridized carbons (Fsp3) is 0.250. The van der Waals surface area contributed by atoms with Crippen LogP contribution in [0.25, 0.3) is 0 Å². The molecule has 0 aromatic heterocycles. The van der Waals surface area contributed by atoms with Crippen molar-refractivity contribution >= 4 is 5.69 Å². The van der Waals surface area contributed by atoms with Gasteiger partial charge in [0.15, 0.2) is 0 Å². The Morgan fingerprint density at radius 2 is 2.00 bits per heavy atom. The summed E-state index contributed by atoms with van der Waals surface area (Å²) < 4.78 is 0. The number of nitrogens with zero attached hydrogens (tertiary/aromatic N) is 2. The molecule has 0 radical (unpaired) electrons. The average molecular weight is 186 g/mol. The molecule has 14 heavy (non-hydrogen) atoms. The minimum absolute atomic E-state index is 0.692. The molecule has 2 heteroatoms. The summed E-state index contributed by atoms with van der Waals surface area (Å²) in [5.41, 5.74) is 2.92. The summed E-state index contributed by atoms with van der Waals surface area (Å²) in [7, 11) is 2.01. The highest BCUT2D eigenvalue weighted by molar-refractivity contribution is 5.49. The van der Waals surface area contributed by atoms with E-state index in [1.807, 2.05) is 38.2 Å². The van der Waals surface area contributed by atoms with Gasteiger partial charge in [-0.05, 0) is 31.2 Å². The number of hydrogen-bond acceptors (Lipinski definition) is 2. The van der Waals surface area contributed by atoms with Crippen LogP contribution in [0.2, 0.25) is 0 Å². The lowest BCUT2D eigenvalue weighted by Gasteiger charge is -2.19. The van der Waals surface area contributed by atoms with E-state index in [4.69, 9.17) is 5.26 Å². The highest BCUT2D eigenvalue weighted by Gasteiger charge is 1.99. The first-order valence-corrected chi connectivity index (χ1v) is 4.49. The van der Waals surface area contributed by atoms with Crippen LogP contribution in [0.1, 0.15) is 12.5 Å². The molecule has 1 aromatic rings. The third-order valence-electron chi connectivity index (χ3n) is 1.94. The predicted octanol–water partition coefficient (Wildman–Crippen LogP) is 2.57. The highest BCUT2D eigenvalue weighted by Crippen LogP contribution is 2.13. The van der Waals surface area contributed by atoms with Gasteiger partial charge in [-0.15, -0.1) is 0 Å². The Kier molecular flexibility index (Phi) is 3.30. The van der Waals surface area contributed by atoms with Crippen molar-refractivity contribution in [3.63, 3.8) is 0 Å². The molecule has 0 amide bonds. The first-order chi connectivity index (χ1) is 6.63. The zero-order valence-corrected chi connectivity index (χ0v) is 8.62. The van der Waals surface area contributed by atoms with E-state index in [1.165, 1.54) is 0 Å². The Labute approximate surface area is 85.1 Å². The second kappa shape index (κ2) is 4.48. The third-order valence-corrected chi connectivity index (χ3v) is 1.94. The molecule has 1 rings (SSSR count). The van der Waals surface area contributed by atoms with E-state index in [2.05, 4.69) is 17.5 Å². The molecule has 0 saturated carbocycles. The van der Waals surface area contributed by atoms with Gasteiger partial charge in [-0.3, -0.25) is 0 Å². The molecule has 0 bridgehead atoms. The Morgan fingerprint density at radius 3 is 2.43 bits per heavy atom. The second-order valence-corrected chi connectivity index (χ2v) is 3.47. The third kappa shape index (κ3) is 2.63. The van der Waals surface area contributed by atoms with Crippen molar-refractivity contribution in [1.29, 1.82) is 5.26 Å². The summed E-state index contributed by atoms with van der Waals surface area (Å²) in [6.07, 6.45) is 0. The number of nitriles is 1. The molecule has 2 nitrogen and oxygen atoms in total. The van der Waals surface area contributed by atoms with Gasteiger partial charge >= 0.3 is 0 Å². The maximum absolute atomic E-state index is 8.63. The molecule has 0 saturated heterocycles. The van der Waals surface area contributed by atoms with Crippen molar-refractivity contribution < 1.29 is 0 Å². The molecule has 0 unspecified atom stereocenters. The van der Waals surface area contributed by atoms with Crippen LogP contribution in [0.15, 0.2) is 36.4 Å². The maximum Gasteiger partial charge on any atom is 0.0991 e. The van der Waals surface area contributed by atoms with Gasteiger partial charge in [0.25, 0.3) is 0 Å². The molecule has 0 spiro atoms. The van der Waals surface area contributed by atoms with Crippen LogP contribution < -0.4 is 4.90 Å². The minimum atomic E-state index is 0.692. The molecule has 0 aliphatic heterocycles. The van der Waals surface area contributed by atoms with E-state index < -0.39 is 0 Å². The van der Waals surface area contributed by atoms with Gasteiger partial charge in [0.2, 0.25) is 0 Å². The Bertz CT molecular complexity index is 357. The number of benzene rings is 1. The van der Waals surface area contributed by atoms with E-state index in [-0.39, 0.29) is 0 Å². The normalized spacial score (nSPS) is 9.21. The molecule has 72 valence electrons. The number of hydrogen-bond donors (Lipinski definition) is 0. The Hall–Kier alpha value is -1.75. The number of likely N-dealkylation sites (N-methyl/N-ethyl adjacent to an activating group) is 1. The zero-order valence-electron chi connectivity index (χ0n) is 8.62. The van der Waals surface area contributed by atoms with Crippen LogP contribution in [-0.4, -0.2) is 13.6 Å². The van der Waals surface area contributed by atoms with Gasteiger partial charge < -0.3 is 4.90 Å². The lowest BCUT2D eigenvalue weighted by molar-refractivity contribution is 0.986. The SMILES string of the molecule is C=C(C)CN(C)c1ccc(C#N)cc1. The molecule has 0 heterocycles. The summed E-state index contributed by atoms with van der Waals surface area (Å²) in [5, 5.41) is 8.63. The summed E-state index contributed by atoms with van der Waals surface area (Å²) in [6.45, 7) is 6.70. The standard InChI is InChI=1S/C12H14N2/c1-10(2)9-14(3)12-6-4-11(8-13)5-7-12/h4-7H,1,9H2,2-3H3. The summed E-state index contributed by atoms with van der Waals surface area (Å²) >= 11 is 0. The topological polar surface area (TPSA) is 27.0 Å². The Morgan fingerprint density at radius 1 is 1.43 bits per heavy atom. The van der Waals surface area contributed by atoms with E-state index in [9.17, 15) is 0 Å². The average Bonchev–Trinajstić information content (AvgIpc) is 2.17. The van der Waals surface area contributed by atoms with Crippen LogP contribution in [0.3, 0.4) is 0 Å². The van der Waals surface area contributed by atoms with Crippen LogP contribution in [-0.2, 0) is 0 Å². The second-order valence-electron chi connectivity index (χ2n) is 3.47. The molecule has 0 aliphatic rings. The molecule has 0 fully saturated rings. The van der Waals surface area contributed by atoms with Crippen molar-refractivity contribution in [3.05, 3.63) is 42.0 Å². The van der Waals surface area contributed by atoms with Crippen LogP contribution in [0.5, 0.6) is 0 Å². The van der Waals surface area contributed by atoms with Crippen molar-refractivity contribution in [2.75, 3.05) is 18.5 Å². The molecule has 0 aliphatic carbocycles. The lowest BCUT2D eigenvalue weighted by Crippen LogP contribution is -2.18. The zero-order chi connectivity index (χ0) is 10.6. The van der Waals surface area contributed by atoms with Gasteiger partial charge in [-0.2, -0.15) is 5.26 Å². The summed E-state index contributed by atoms with van der Waals surface area (Å²) in [6, 6.07) is 9.64. The predicted molar refractivity (Wildman–Crippen MR) is 59.2 cm³/mol. The largest absolute Gasteiger partial charge is 0.371 e. The van der Waals surface area contributed by atoms with Crippen LogP contribution in [0.4, 0.5) is 5.69 Å². The Balaban J connectivity index is 2.77. The van der Waals surface area contributed by atoms with Gasteiger partial charge in [-0.25, -0.2) is 0 Å². The van der Waals surface area contributed by atoms with Gasteiger partial charge in [0.1, 0.15) is 0 Å². The van der Waals surface area contributed by atoms with E-state index in [1.54, 1.807) is 0 Å². The summed E-state index contributed by atoms with van der Waals surface area (Å²) in [4.78, 5) is 2.10. The first kappa shape index (κ1) is 10.3. The monoisotopic (exact) mass is 186 g/mol. The van der Waals surface area contributed by atoms with E-state index in [0.717, 1.165) is 17.8 Å². The summed E-state index contributed by atoms with van der Waals surface area (Å²) in [5.74, 6) is 0. The van der Waals surface area contributed by atoms with Gasteiger partial charge in [0.05, 0.1) is 11.6 Å². The van der Waals surface area contributed by atoms with E-state index >= 15 is 0 Å². The van der Waals surface area contributed by atoms with Crippen molar-refractivity contribution in [2.45, 2.75) is 6.92 Å². The lowest BCUT2D eigenvalue weighted by atomic mass is 10.2. The van der Waals surface area contributed by atoms with Crippen LogP contribution >= 0.6 is 0 Å². The van der Waals surface area contributed by atoms with Gasteiger partial charge in [0, 0.05) is 19.3 Å². The van der Waals surface area contributed by atoms with Crippen LogP contribution in [0, 0.1) is 11.3 Å². The first-order valence-electron chi connectivity index (χ1n) is 4.49. The number of rotatable bonds is 3. The van der Waals surface area contributed by atoms with Gasteiger partial charge in [-0.1, -0.05) is 12.2 Å². The minimum Gasteiger partial charge on any atom is -0.371 e. The highest BCUT2D eigenvalue weighted by atomic mass is 15.1. The molecule has 0 atom stereocenters. The molecular weight excluding hydrogens is 172 g/mol. The maximum atomic E-state index is 8.63. The number of anilines is 1. The fourth-order valence-electron chi connectivity index (χ4n) is 1.29. The van der Waals surface area contributed by atoms with Crippen molar-refractivity contribution in [2.24, 2.45) is 0 Å². The fourth-order valence-corrected chi connectivity index (χ4v) is 1.29. The molecule has 1 aromatic carbocycles. The van der Waals surface area contributed by atoms with Crippen molar-refractivity contribution in [1.82, 2.24) is 0 Å². The quantitative estimate of drug-likeness (QED) is 0.678. The van der Waals surface area contributed by atoms with Crippen molar-refractivity contribution in [3.8, 4) is 6.07 Å². The van der Waals surface area contributed by atoms with E-state index in [0.29, 0.717) is 5.56 Å². The molecule has 0 N–H and O–H groups in total. The smallest absolute Gasteiger partial charge is 0.0991 e.